The number of aliphatic hydroxyl groups is 7. The number of amides is 1. The highest BCUT2D eigenvalue weighted by Gasteiger charge is 2.51. The zero-order valence-corrected chi connectivity index (χ0v) is 31.2. The fraction of sp³-hybridized carbons (Fsp3) is 0.861. The number of hydrogen-bond donors (Lipinski definition) is 9. The highest BCUT2D eigenvalue weighted by molar-refractivity contribution is 7.47. The quantitative estimate of drug-likeness (QED) is 0.0301. The van der Waals surface area contributed by atoms with Crippen LogP contribution in [0.1, 0.15) is 136 Å². The summed E-state index contributed by atoms with van der Waals surface area (Å²) in [6.07, 6.45) is 11.7. The molecular weight excluding hydrogens is 669 g/mol. The molecule has 294 valence electrons. The zero-order valence-electron chi connectivity index (χ0n) is 30.3. The first-order chi connectivity index (χ1) is 23.8. The molecule has 13 nitrogen and oxygen atoms in total. The Morgan fingerprint density at radius 3 is 1.76 bits per heavy atom. The zero-order chi connectivity index (χ0) is 37.4. The van der Waals surface area contributed by atoms with Gasteiger partial charge in [0, 0.05) is 0 Å². The van der Waals surface area contributed by atoms with E-state index in [9.17, 15) is 50.0 Å². The van der Waals surface area contributed by atoms with Crippen molar-refractivity contribution in [2.75, 3.05) is 6.61 Å². The second kappa shape index (κ2) is 27.4. The highest BCUT2D eigenvalue weighted by Crippen LogP contribution is 2.47. The van der Waals surface area contributed by atoms with Crippen LogP contribution < -0.4 is 5.32 Å². The highest BCUT2D eigenvalue weighted by atomic mass is 31.2. The molecule has 0 aromatic carbocycles. The summed E-state index contributed by atoms with van der Waals surface area (Å²) in [7, 11) is -5.13. The van der Waals surface area contributed by atoms with Gasteiger partial charge in [-0.2, -0.15) is 0 Å². The lowest BCUT2D eigenvalue weighted by Crippen LogP contribution is -2.64. The molecule has 1 amide bonds. The van der Waals surface area contributed by atoms with Crippen LogP contribution in [0.3, 0.4) is 0 Å². The largest absolute Gasteiger partial charge is 0.472 e. The normalized spacial score (nSPS) is 25.9. The van der Waals surface area contributed by atoms with Crippen LogP contribution in [0.15, 0.2) is 24.3 Å². The first-order valence-corrected chi connectivity index (χ1v) is 20.4. The molecule has 0 radical (unpaired) electrons. The van der Waals surface area contributed by atoms with Crippen LogP contribution in [-0.4, -0.2) is 108 Å². The summed E-state index contributed by atoms with van der Waals surface area (Å²) in [5, 5.41) is 73.8. The van der Waals surface area contributed by atoms with Gasteiger partial charge in [-0.15, -0.1) is 0 Å². The van der Waals surface area contributed by atoms with E-state index in [2.05, 4.69) is 31.3 Å². The van der Waals surface area contributed by atoms with Gasteiger partial charge < -0.3 is 46.0 Å². The van der Waals surface area contributed by atoms with Gasteiger partial charge in [-0.3, -0.25) is 13.8 Å². The minimum atomic E-state index is -5.13. The molecular formula is C36H68NO12P. The number of phosphoric acid groups is 1. The maximum Gasteiger partial charge on any atom is 0.472 e. The van der Waals surface area contributed by atoms with E-state index in [1.54, 1.807) is 6.08 Å². The Kier molecular flexibility index (Phi) is 25.6. The van der Waals surface area contributed by atoms with Crippen molar-refractivity contribution in [2.45, 2.75) is 191 Å². The van der Waals surface area contributed by atoms with E-state index < -0.39 is 75.2 Å². The molecule has 1 aliphatic rings. The second-order valence-electron chi connectivity index (χ2n) is 13.6. The van der Waals surface area contributed by atoms with Crippen molar-refractivity contribution in [2.24, 2.45) is 0 Å². The Balaban J connectivity index is 2.72. The Hall–Kier alpha value is -1.22. The van der Waals surface area contributed by atoms with Gasteiger partial charge in [-0.25, -0.2) is 4.57 Å². The van der Waals surface area contributed by atoms with E-state index in [1.807, 2.05) is 0 Å². The molecule has 14 heteroatoms. The van der Waals surface area contributed by atoms with Crippen LogP contribution in [0.5, 0.6) is 0 Å². The number of aliphatic hydroxyl groups excluding tert-OH is 7. The molecule has 9 N–H and O–H groups in total. The van der Waals surface area contributed by atoms with Gasteiger partial charge in [-0.05, 0) is 32.1 Å². The third-order valence-electron chi connectivity index (χ3n) is 9.04. The van der Waals surface area contributed by atoms with Crippen molar-refractivity contribution >= 4 is 13.7 Å². The predicted molar refractivity (Wildman–Crippen MR) is 192 cm³/mol. The molecule has 1 fully saturated rings. The third kappa shape index (κ3) is 20.1. The van der Waals surface area contributed by atoms with Gasteiger partial charge in [0.2, 0.25) is 5.91 Å². The van der Waals surface area contributed by atoms with E-state index in [4.69, 9.17) is 9.05 Å². The van der Waals surface area contributed by atoms with Gasteiger partial charge in [0.15, 0.2) is 0 Å². The minimum Gasteiger partial charge on any atom is -0.393 e. The van der Waals surface area contributed by atoms with Gasteiger partial charge in [0.05, 0.1) is 31.3 Å². The van der Waals surface area contributed by atoms with Crippen molar-refractivity contribution in [1.29, 1.82) is 0 Å². The SMILES string of the molecule is CCCCCCC/C=C/CC/C=C/C(O)C(COP(=O)(O)OC1C(O)C(O)C(O)C(O)C1O)NC(=O)CC(O)CCCCCCCCCCC. The maximum absolute atomic E-state index is 12.8. The summed E-state index contributed by atoms with van der Waals surface area (Å²) >= 11 is 0. The molecule has 0 heterocycles. The first kappa shape index (κ1) is 46.8. The number of unbranched alkanes of at least 4 members (excludes halogenated alkanes) is 14. The number of phosphoric ester groups is 1. The summed E-state index contributed by atoms with van der Waals surface area (Å²) < 4.78 is 22.7. The van der Waals surface area contributed by atoms with Crippen molar-refractivity contribution in [1.82, 2.24) is 5.32 Å². The average molecular weight is 738 g/mol. The Morgan fingerprint density at radius 2 is 1.18 bits per heavy atom. The fourth-order valence-electron chi connectivity index (χ4n) is 5.84. The number of hydrogen-bond acceptors (Lipinski definition) is 11. The smallest absolute Gasteiger partial charge is 0.393 e. The standard InChI is InChI=1S/C36H68NO12P/c1-3-5-7-9-11-13-14-16-18-20-22-24-29(39)28(37-30(40)25-27(38)23-21-19-17-15-12-10-8-6-4-2)26-48-50(46,47)49-36-34(44)32(42)31(41)33(43)35(36)45/h14,16,22,24,27-29,31-36,38-39,41-45H,3-13,15,17-21,23,25-26H2,1-2H3,(H,37,40)(H,46,47)/b16-14+,24-22+. The van der Waals surface area contributed by atoms with Crippen LogP contribution in [0.2, 0.25) is 0 Å². The van der Waals surface area contributed by atoms with Crippen molar-refractivity contribution in [3.05, 3.63) is 24.3 Å². The first-order valence-electron chi connectivity index (χ1n) is 18.9. The Morgan fingerprint density at radius 1 is 0.700 bits per heavy atom. The van der Waals surface area contributed by atoms with E-state index in [0.717, 1.165) is 44.9 Å². The van der Waals surface area contributed by atoms with Crippen molar-refractivity contribution < 1.29 is 59.0 Å². The Bertz CT molecular complexity index is 969. The van der Waals surface area contributed by atoms with E-state index in [-0.39, 0.29) is 6.42 Å². The van der Waals surface area contributed by atoms with Crippen molar-refractivity contribution in [3.8, 4) is 0 Å². The van der Waals surface area contributed by atoms with Crippen LogP contribution in [0.4, 0.5) is 0 Å². The predicted octanol–water partition coefficient (Wildman–Crippen LogP) is 4.08. The molecule has 8 unspecified atom stereocenters. The number of rotatable bonds is 29. The lowest BCUT2D eigenvalue weighted by Gasteiger charge is -2.41. The van der Waals surface area contributed by atoms with Crippen LogP contribution in [0, 0.1) is 0 Å². The monoisotopic (exact) mass is 737 g/mol. The van der Waals surface area contributed by atoms with E-state index >= 15 is 0 Å². The van der Waals surface area contributed by atoms with E-state index in [1.165, 1.54) is 63.9 Å². The van der Waals surface area contributed by atoms with Crippen LogP contribution >= 0.6 is 7.82 Å². The summed E-state index contributed by atoms with van der Waals surface area (Å²) in [6.45, 7) is 3.62. The molecule has 0 aliphatic heterocycles. The molecule has 0 spiro atoms. The van der Waals surface area contributed by atoms with Crippen LogP contribution in [-0.2, 0) is 18.4 Å². The summed E-state index contributed by atoms with van der Waals surface area (Å²) in [6, 6.07) is -1.25. The number of nitrogens with one attached hydrogen (secondary N) is 1. The lowest BCUT2D eigenvalue weighted by molar-refractivity contribution is -0.220. The third-order valence-corrected chi connectivity index (χ3v) is 10.0. The maximum atomic E-state index is 12.8. The van der Waals surface area contributed by atoms with Gasteiger partial charge in [0.25, 0.3) is 0 Å². The van der Waals surface area contributed by atoms with E-state index in [0.29, 0.717) is 12.8 Å². The number of allylic oxidation sites excluding steroid dienone is 3. The molecule has 0 saturated heterocycles. The van der Waals surface area contributed by atoms with Crippen molar-refractivity contribution in [3.63, 3.8) is 0 Å². The summed E-state index contributed by atoms with van der Waals surface area (Å²) in [4.78, 5) is 23.2. The molecule has 1 rings (SSSR count). The van der Waals surface area contributed by atoms with Gasteiger partial charge in [0.1, 0.15) is 36.6 Å². The minimum absolute atomic E-state index is 0.251. The fourth-order valence-corrected chi connectivity index (χ4v) is 6.81. The second-order valence-corrected chi connectivity index (χ2v) is 15.0. The van der Waals surface area contributed by atoms with Gasteiger partial charge in [-0.1, -0.05) is 122 Å². The Labute approximate surface area is 299 Å². The molecule has 0 aromatic heterocycles. The molecule has 50 heavy (non-hydrogen) atoms. The molecule has 8 atom stereocenters. The van der Waals surface area contributed by atoms with Crippen LogP contribution in [0.25, 0.3) is 0 Å². The average Bonchev–Trinajstić information content (AvgIpc) is 3.08. The summed E-state index contributed by atoms with van der Waals surface area (Å²) in [5.74, 6) is -0.608. The molecule has 1 saturated carbocycles. The summed E-state index contributed by atoms with van der Waals surface area (Å²) in [5.41, 5.74) is 0. The molecule has 0 aromatic rings. The molecule has 0 bridgehead atoms. The topological polar surface area (TPSA) is 226 Å². The number of carbonyl (C=O) groups excluding carboxylic acids is 1. The van der Waals surface area contributed by atoms with Gasteiger partial charge >= 0.3 is 7.82 Å². The number of carbonyl (C=O) groups is 1. The lowest BCUT2D eigenvalue weighted by atomic mass is 9.85. The molecule has 1 aliphatic carbocycles.